The minimum atomic E-state index is -0.125. The molecule has 4 unspecified atom stereocenters. The highest BCUT2D eigenvalue weighted by Gasteiger charge is 2.58. The highest BCUT2D eigenvalue weighted by Crippen LogP contribution is 2.52. The highest BCUT2D eigenvalue weighted by molar-refractivity contribution is 6.06. The molecule has 2 aromatic rings. The van der Waals surface area contributed by atoms with Gasteiger partial charge < -0.3 is 15.1 Å². The van der Waals surface area contributed by atoms with E-state index in [0.29, 0.717) is 37.9 Å². The van der Waals surface area contributed by atoms with Crippen LogP contribution in [0, 0.1) is 30.6 Å². The number of guanidine groups is 1. The molecule has 1 saturated heterocycles. The molecule has 8 heteroatoms. The van der Waals surface area contributed by atoms with E-state index in [1.807, 2.05) is 31.2 Å². The minimum Gasteiger partial charge on any atom is -0.439 e. The van der Waals surface area contributed by atoms with Gasteiger partial charge in [-0.25, -0.2) is 4.98 Å². The monoisotopic (exact) mass is 447 g/mol. The van der Waals surface area contributed by atoms with Crippen molar-refractivity contribution in [3.05, 3.63) is 54.1 Å². The van der Waals surface area contributed by atoms with Crippen molar-refractivity contribution in [1.29, 1.82) is 0 Å². The molecule has 172 valence electrons. The number of hydrogen-bond donors (Lipinski definition) is 2. The Bertz CT molecular complexity index is 1070. The topological polar surface area (TPSA) is 99.8 Å². The van der Waals surface area contributed by atoms with Gasteiger partial charge in [-0.2, -0.15) is 0 Å². The highest BCUT2D eigenvalue weighted by atomic mass is 16.4. The molecule has 4 atom stereocenters. The van der Waals surface area contributed by atoms with E-state index in [2.05, 4.69) is 32.8 Å². The summed E-state index contributed by atoms with van der Waals surface area (Å²) < 4.78 is 5.84. The molecule has 8 nitrogen and oxygen atoms in total. The molecule has 2 bridgehead atoms. The van der Waals surface area contributed by atoms with Gasteiger partial charge in [0.05, 0.1) is 24.6 Å². The van der Waals surface area contributed by atoms with E-state index < -0.39 is 0 Å². The molecule has 2 aliphatic carbocycles. The Kier molecular flexibility index (Phi) is 5.74. The van der Waals surface area contributed by atoms with Crippen molar-refractivity contribution in [3.63, 3.8) is 0 Å². The summed E-state index contributed by atoms with van der Waals surface area (Å²) in [4.78, 5) is 35.5. The third kappa shape index (κ3) is 4.05. The van der Waals surface area contributed by atoms with Crippen LogP contribution >= 0.6 is 0 Å². The van der Waals surface area contributed by atoms with Gasteiger partial charge in [0.15, 0.2) is 11.7 Å². The Morgan fingerprint density at radius 1 is 1.12 bits per heavy atom. The van der Waals surface area contributed by atoms with Gasteiger partial charge in [0.25, 0.3) is 0 Å². The van der Waals surface area contributed by atoms with Crippen LogP contribution in [0.1, 0.15) is 24.3 Å². The summed E-state index contributed by atoms with van der Waals surface area (Å²) in [6, 6.07) is 8.10. The Hall–Kier alpha value is -3.42. The Labute approximate surface area is 193 Å². The minimum absolute atomic E-state index is 0.0117. The Morgan fingerprint density at radius 2 is 1.82 bits per heavy atom. The van der Waals surface area contributed by atoms with Gasteiger partial charge in [-0.3, -0.25) is 19.5 Å². The van der Waals surface area contributed by atoms with Gasteiger partial charge in [0.1, 0.15) is 0 Å². The van der Waals surface area contributed by atoms with E-state index in [4.69, 9.17) is 4.42 Å². The normalized spacial score (nSPS) is 25.8. The molecule has 0 spiro atoms. The number of aliphatic imine (C=N–C) groups is 1. The zero-order valence-electron chi connectivity index (χ0n) is 19.0. The number of aromatic nitrogens is 1. The van der Waals surface area contributed by atoms with Crippen molar-refractivity contribution in [2.24, 2.45) is 28.7 Å². The van der Waals surface area contributed by atoms with Crippen LogP contribution in [0.5, 0.6) is 0 Å². The molecule has 1 aromatic carbocycles. The van der Waals surface area contributed by atoms with E-state index >= 15 is 0 Å². The van der Waals surface area contributed by atoms with Crippen molar-refractivity contribution >= 4 is 17.8 Å². The summed E-state index contributed by atoms with van der Waals surface area (Å²) in [7, 11) is 1.69. The number of aryl methyl sites for hydroxylation is 1. The second-order valence-corrected chi connectivity index (χ2v) is 9.02. The quantitative estimate of drug-likeness (QED) is 0.222. The van der Waals surface area contributed by atoms with Crippen molar-refractivity contribution < 1.29 is 14.0 Å². The number of hydrogen-bond acceptors (Lipinski definition) is 5. The van der Waals surface area contributed by atoms with Gasteiger partial charge in [0.2, 0.25) is 17.7 Å². The van der Waals surface area contributed by atoms with Crippen LogP contribution in [0.3, 0.4) is 0 Å². The molecule has 1 aliphatic heterocycles. The van der Waals surface area contributed by atoms with E-state index in [1.165, 1.54) is 10.5 Å². The summed E-state index contributed by atoms with van der Waals surface area (Å²) in [6.07, 6.45) is 7.59. The lowest BCUT2D eigenvalue weighted by atomic mass is 9.85. The van der Waals surface area contributed by atoms with Crippen molar-refractivity contribution in [1.82, 2.24) is 20.5 Å². The van der Waals surface area contributed by atoms with Gasteiger partial charge in [-0.1, -0.05) is 42.0 Å². The second kappa shape index (κ2) is 8.84. The van der Waals surface area contributed by atoms with Crippen LogP contribution in [0.2, 0.25) is 0 Å². The third-order valence-electron chi connectivity index (χ3n) is 6.93. The predicted molar refractivity (Wildman–Crippen MR) is 124 cm³/mol. The predicted octanol–water partition coefficient (Wildman–Crippen LogP) is 2.51. The fraction of sp³-hybridized carbons (Fsp3) is 0.440. The van der Waals surface area contributed by atoms with Crippen LogP contribution in [-0.2, 0) is 16.1 Å². The van der Waals surface area contributed by atoms with E-state index in [0.717, 1.165) is 17.7 Å². The zero-order chi connectivity index (χ0) is 22.9. The number of nitrogens with one attached hydrogen (secondary N) is 2. The van der Waals surface area contributed by atoms with Gasteiger partial charge in [0, 0.05) is 25.7 Å². The second-order valence-electron chi connectivity index (χ2n) is 9.02. The number of nitrogens with zero attached hydrogens (tertiary/aromatic N) is 3. The Morgan fingerprint density at radius 3 is 2.48 bits per heavy atom. The SMILES string of the molecule is CN=C(NCCCN1C(=O)C2C3C=CC(C3)C2C1=O)NCc1ncc(-c2ccc(C)cc2)o1. The van der Waals surface area contributed by atoms with E-state index in [-0.39, 0.29) is 35.5 Å². The average Bonchev–Trinajstić information content (AvgIpc) is 3.60. The van der Waals surface area contributed by atoms with Crippen LogP contribution in [0.4, 0.5) is 0 Å². The maximum atomic E-state index is 12.7. The van der Waals surface area contributed by atoms with E-state index in [9.17, 15) is 9.59 Å². The molecule has 2 N–H and O–H groups in total. The lowest BCUT2D eigenvalue weighted by Gasteiger charge is -2.17. The average molecular weight is 448 g/mol. The standard InChI is InChI=1S/C25H29N5O3/c1-15-4-6-16(7-5-15)19-13-28-20(33-19)14-29-25(26-2)27-10-3-11-30-23(31)21-17-8-9-18(12-17)22(21)24(30)32/h4-9,13,17-18,21-22H,3,10-12,14H2,1-2H3,(H2,26,27,29). The largest absolute Gasteiger partial charge is 0.439 e. The molecular formula is C25H29N5O3. The number of benzene rings is 1. The van der Waals surface area contributed by atoms with Crippen LogP contribution in [0.15, 0.2) is 52.0 Å². The fourth-order valence-corrected chi connectivity index (χ4v) is 5.25. The zero-order valence-corrected chi connectivity index (χ0v) is 19.0. The van der Waals surface area contributed by atoms with Crippen LogP contribution in [0.25, 0.3) is 11.3 Å². The lowest BCUT2D eigenvalue weighted by molar-refractivity contribution is -0.140. The number of rotatable bonds is 7. The summed E-state index contributed by atoms with van der Waals surface area (Å²) >= 11 is 0. The number of fused-ring (bicyclic) bond motifs is 5. The van der Waals surface area contributed by atoms with Crippen LogP contribution in [-0.4, -0.2) is 47.8 Å². The molecule has 33 heavy (non-hydrogen) atoms. The Balaban J connectivity index is 1.07. The smallest absolute Gasteiger partial charge is 0.233 e. The first-order chi connectivity index (χ1) is 16.0. The number of allylic oxidation sites excluding steroid dienone is 2. The molecule has 2 amide bonds. The number of carbonyl (C=O) groups excluding carboxylic acids is 2. The molecule has 3 aliphatic rings. The number of oxazole rings is 1. The first kappa shape index (κ1) is 21.4. The number of amides is 2. The summed E-state index contributed by atoms with van der Waals surface area (Å²) in [6.45, 7) is 3.48. The molecular weight excluding hydrogens is 418 g/mol. The number of likely N-dealkylation sites (tertiary alicyclic amines) is 1. The molecule has 1 aromatic heterocycles. The fourth-order valence-electron chi connectivity index (χ4n) is 5.25. The van der Waals surface area contributed by atoms with E-state index in [1.54, 1.807) is 13.2 Å². The molecule has 0 radical (unpaired) electrons. The molecule has 1 saturated carbocycles. The maximum absolute atomic E-state index is 12.7. The van der Waals surface area contributed by atoms with Crippen molar-refractivity contribution in [3.8, 4) is 11.3 Å². The van der Waals surface area contributed by atoms with Gasteiger partial charge in [-0.15, -0.1) is 0 Å². The lowest BCUT2D eigenvalue weighted by Crippen LogP contribution is -2.39. The first-order valence-corrected chi connectivity index (χ1v) is 11.5. The molecule has 5 rings (SSSR count). The van der Waals surface area contributed by atoms with Gasteiger partial charge in [-0.05, 0) is 31.6 Å². The third-order valence-corrected chi connectivity index (χ3v) is 6.93. The summed E-state index contributed by atoms with van der Waals surface area (Å²) in [5.74, 6) is 2.19. The van der Waals surface area contributed by atoms with Gasteiger partial charge >= 0.3 is 0 Å². The van der Waals surface area contributed by atoms with Crippen LogP contribution < -0.4 is 10.6 Å². The molecule has 2 heterocycles. The number of carbonyl (C=O) groups is 2. The van der Waals surface area contributed by atoms with Crippen molar-refractivity contribution in [2.75, 3.05) is 20.1 Å². The van der Waals surface area contributed by atoms with Crippen molar-refractivity contribution in [2.45, 2.75) is 26.3 Å². The summed E-state index contributed by atoms with van der Waals surface area (Å²) in [5.41, 5.74) is 2.18. The first-order valence-electron chi connectivity index (χ1n) is 11.5. The summed E-state index contributed by atoms with van der Waals surface area (Å²) in [5, 5.41) is 6.41. The molecule has 2 fully saturated rings. The number of imide groups is 1. The maximum Gasteiger partial charge on any atom is 0.233 e.